The number of nitrogens with one attached hydrogen (secondary N) is 1. The topological polar surface area (TPSA) is 43.4 Å². The third-order valence-electron chi connectivity index (χ3n) is 3.99. The summed E-state index contributed by atoms with van der Waals surface area (Å²) in [5.74, 6) is 0.863. The molecule has 1 aromatic heterocycles. The molecule has 0 aromatic carbocycles. The molecule has 0 atom stereocenters. The number of rotatable bonds is 2. The van der Waals surface area contributed by atoms with Crippen LogP contribution >= 0.6 is 0 Å². The molecule has 98 valence electrons. The second-order valence-electron chi connectivity index (χ2n) is 5.71. The zero-order valence-corrected chi connectivity index (χ0v) is 12.0. The van der Waals surface area contributed by atoms with Gasteiger partial charge in [0.2, 0.25) is 0 Å². The highest BCUT2D eigenvalue weighted by atomic mass is 16.7. The molecule has 0 bridgehead atoms. The van der Waals surface area contributed by atoms with Crippen molar-refractivity contribution in [3.8, 4) is 0 Å². The molecule has 1 fully saturated rings. The maximum atomic E-state index is 6.05. The standard InChI is InChI=1S/C13H21BN2O2/c1-9-10(7-8-16-11(9)15-6)14-17-12(2,3)13(4,5)18-14/h7-8H,1-6H3,(H,15,16). The second-order valence-corrected chi connectivity index (χ2v) is 5.71. The molecule has 0 amide bonds. The number of aromatic nitrogens is 1. The Hall–Kier alpha value is -1.07. The lowest BCUT2D eigenvalue weighted by Gasteiger charge is -2.32. The predicted molar refractivity (Wildman–Crippen MR) is 74.2 cm³/mol. The van der Waals surface area contributed by atoms with Gasteiger partial charge in [-0.1, -0.05) is 0 Å². The molecule has 18 heavy (non-hydrogen) atoms. The number of hydrogen-bond donors (Lipinski definition) is 1. The number of anilines is 1. The zero-order valence-electron chi connectivity index (χ0n) is 12.0. The molecule has 0 radical (unpaired) electrons. The highest BCUT2D eigenvalue weighted by molar-refractivity contribution is 6.62. The third-order valence-corrected chi connectivity index (χ3v) is 3.99. The first-order chi connectivity index (χ1) is 8.28. The molecule has 2 heterocycles. The van der Waals surface area contributed by atoms with Crippen molar-refractivity contribution in [1.29, 1.82) is 0 Å². The van der Waals surface area contributed by atoms with Gasteiger partial charge in [0, 0.05) is 13.2 Å². The van der Waals surface area contributed by atoms with Gasteiger partial charge in [-0.2, -0.15) is 0 Å². The zero-order chi connectivity index (χ0) is 13.6. The van der Waals surface area contributed by atoms with Gasteiger partial charge in [-0.05, 0) is 51.7 Å². The summed E-state index contributed by atoms with van der Waals surface area (Å²) >= 11 is 0. The number of nitrogens with zero attached hydrogens (tertiary/aromatic N) is 1. The number of hydrogen-bond acceptors (Lipinski definition) is 4. The van der Waals surface area contributed by atoms with Crippen molar-refractivity contribution in [3.63, 3.8) is 0 Å². The lowest BCUT2D eigenvalue weighted by Crippen LogP contribution is -2.41. The summed E-state index contributed by atoms with van der Waals surface area (Å²) in [4.78, 5) is 4.28. The molecular formula is C13H21BN2O2. The van der Waals surface area contributed by atoms with Gasteiger partial charge in [0.05, 0.1) is 11.2 Å². The molecule has 1 aliphatic heterocycles. The average molecular weight is 248 g/mol. The Balaban J connectivity index is 2.35. The highest BCUT2D eigenvalue weighted by Gasteiger charge is 2.52. The molecule has 5 heteroatoms. The van der Waals surface area contributed by atoms with Gasteiger partial charge >= 0.3 is 7.12 Å². The fourth-order valence-corrected chi connectivity index (χ4v) is 2.03. The molecule has 4 nitrogen and oxygen atoms in total. The van der Waals surface area contributed by atoms with Crippen LogP contribution < -0.4 is 10.8 Å². The Kier molecular flexibility index (Phi) is 3.15. The van der Waals surface area contributed by atoms with Crippen LogP contribution in [-0.4, -0.2) is 30.4 Å². The van der Waals surface area contributed by atoms with E-state index >= 15 is 0 Å². The van der Waals surface area contributed by atoms with Crippen molar-refractivity contribution < 1.29 is 9.31 Å². The first-order valence-corrected chi connectivity index (χ1v) is 6.27. The maximum Gasteiger partial charge on any atom is 0.495 e. The van der Waals surface area contributed by atoms with Crippen molar-refractivity contribution in [2.24, 2.45) is 0 Å². The van der Waals surface area contributed by atoms with Gasteiger partial charge in [0.15, 0.2) is 0 Å². The van der Waals surface area contributed by atoms with Crippen LogP contribution in [0.5, 0.6) is 0 Å². The molecule has 1 aliphatic rings. The van der Waals surface area contributed by atoms with Gasteiger partial charge in [-0.25, -0.2) is 4.98 Å². The van der Waals surface area contributed by atoms with Crippen LogP contribution in [-0.2, 0) is 9.31 Å². The fourth-order valence-electron chi connectivity index (χ4n) is 2.03. The minimum Gasteiger partial charge on any atom is -0.399 e. The van der Waals surface area contributed by atoms with Gasteiger partial charge in [-0.15, -0.1) is 0 Å². The summed E-state index contributed by atoms with van der Waals surface area (Å²) in [5.41, 5.74) is 1.48. The first-order valence-electron chi connectivity index (χ1n) is 6.27. The number of pyridine rings is 1. The van der Waals surface area contributed by atoms with Crippen LogP contribution in [0.25, 0.3) is 0 Å². The van der Waals surface area contributed by atoms with E-state index < -0.39 is 0 Å². The smallest absolute Gasteiger partial charge is 0.399 e. The Labute approximate surface area is 109 Å². The fraction of sp³-hybridized carbons (Fsp3) is 0.615. The van der Waals surface area contributed by atoms with Crippen LogP contribution in [0.15, 0.2) is 12.3 Å². The lowest BCUT2D eigenvalue weighted by atomic mass is 9.77. The van der Waals surface area contributed by atoms with E-state index in [1.54, 1.807) is 6.20 Å². The molecule has 0 unspecified atom stereocenters. The van der Waals surface area contributed by atoms with E-state index in [1.807, 2.05) is 20.0 Å². The van der Waals surface area contributed by atoms with Crippen molar-refractivity contribution in [2.75, 3.05) is 12.4 Å². The third kappa shape index (κ3) is 2.02. The predicted octanol–water partition coefficient (Wildman–Crippen LogP) is 1.73. The highest BCUT2D eigenvalue weighted by Crippen LogP contribution is 2.36. The van der Waals surface area contributed by atoms with E-state index in [2.05, 4.69) is 38.0 Å². The SMILES string of the molecule is CNc1nccc(B2OC(C)(C)C(C)(C)O2)c1C. The summed E-state index contributed by atoms with van der Waals surface area (Å²) in [6, 6.07) is 1.96. The van der Waals surface area contributed by atoms with E-state index in [0.717, 1.165) is 16.8 Å². The Morgan fingerprint density at radius 1 is 1.17 bits per heavy atom. The van der Waals surface area contributed by atoms with Crippen LogP contribution in [0.4, 0.5) is 5.82 Å². The lowest BCUT2D eigenvalue weighted by molar-refractivity contribution is 0.00578. The summed E-state index contributed by atoms with van der Waals surface area (Å²) < 4.78 is 12.1. The molecule has 2 rings (SSSR count). The van der Waals surface area contributed by atoms with Crippen LogP contribution in [0, 0.1) is 6.92 Å². The van der Waals surface area contributed by atoms with Crippen LogP contribution in [0.2, 0.25) is 0 Å². The molecule has 1 saturated heterocycles. The van der Waals surface area contributed by atoms with Crippen molar-refractivity contribution in [1.82, 2.24) is 4.98 Å². The largest absolute Gasteiger partial charge is 0.495 e. The molecule has 1 aromatic rings. The summed E-state index contributed by atoms with van der Waals surface area (Å²) in [7, 11) is 1.54. The summed E-state index contributed by atoms with van der Waals surface area (Å²) in [6.07, 6.45) is 1.78. The molecule has 0 saturated carbocycles. The minimum absolute atomic E-state index is 0.312. The van der Waals surface area contributed by atoms with Crippen LogP contribution in [0.3, 0.4) is 0 Å². The van der Waals surface area contributed by atoms with Crippen molar-refractivity contribution in [2.45, 2.75) is 45.8 Å². The van der Waals surface area contributed by atoms with Gasteiger partial charge in [0.1, 0.15) is 5.82 Å². The van der Waals surface area contributed by atoms with Crippen LogP contribution in [0.1, 0.15) is 33.3 Å². The monoisotopic (exact) mass is 248 g/mol. The molecule has 0 spiro atoms. The van der Waals surface area contributed by atoms with E-state index in [0.29, 0.717) is 0 Å². The average Bonchev–Trinajstić information content (AvgIpc) is 2.48. The Morgan fingerprint density at radius 2 is 1.72 bits per heavy atom. The summed E-state index contributed by atoms with van der Waals surface area (Å²) in [5, 5.41) is 3.08. The molecular weight excluding hydrogens is 227 g/mol. The minimum atomic E-state index is -0.329. The van der Waals surface area contributed by atoms with Crippen molar-refractivity contribution >= 4 is 18.4 Å². The molecule has 0 aliphatic carbocycles. The Bertz CT molecular complexity index is 444. The first kappa shape index (κ1) is 13.4. The van der Waals surface area contributed by atoms with E-state index in [4.69, 9.17) is 9.31 Å². The summed E-state index contributed by atoms with van der Waals surface area (Å²) in [6.45, 7) is 10.3. The Morgan fingerprint density at radius 3 is 2.22 bits per heavy atom. The molecule has 1 N–H and O–H groups in total. The van der Waals surface area contributed by atoms with E-state index in [9.17, 15) is 0 Å². The normalized spacial score (nSPS) is 21.1. The maximum absolute atomic E-state index is 6.05. The van der Waals surface area contributed by atoms with Gasteiger partial charge in [0.25, 0.3) is 0 Å². The second kappa shape index (κ2) is 4.25. The van der Waals surface area contributed by atoms with E-state index in [-0.39, 0.29) is 18.3 Å². The van der Waals surface area contributed by atoms with Gasteiger partial charge < -0.3 is 14.6 Å². The van der Waals surface area contributed by atoms with E-state index in [1.165, 1.54) is 0 Å². The quantitative estimate of drug-likeness (QED) is 0.809. The van der Waals surface area contributed by atoms with Gasteiger partial charge in [-0.3, -0.25) is 0 Å². The van der Waals surface area contributed by atoms with Crippen molar-refractivity contribution in [3.05, 3.63) is 17.8 Å².